The van der Waals surface area contributed by atoms with Crippen molar-refractivity contribution in [3.8, 4) is 0 Å². The number of hydrogen-bond acceptors (Lipinski definition) is 6. The number of nitrogens with one attached hydrogen (secondary N) is 1. The number of rotatable bonds is 8. The van der Waals surface area contributed by atoms with Crippen LogP contribution >= 0.6 is 7.82 Å². The molecular weight excluding hydrogens is 234 g/mol. The van der Waals surface area contributed by atoms with E-state index in [2.05, 4.69) is 14.6 Å². The molecule has 14 heavy (non-hydrogen) atoms. The summed E-state index contributed by atoms with van der Waals surface area (Å²) in [6.45, 7) is 2.66. The van der Waals surface area contributed by atoms with Crippen molar-refractivity contribution in [2.75, 3.05) is 19.7 Å². The number of unbranched alkanes of at least 4 members (excludes halogenated alkanes) is 1. The second kappa shape index (κ2) is 11.2. The number of phosphoric acid groups is 1. The molecule has 0 heterocycles. The summed E-state index contributed by atoms with van der Waals surface area (Å²) >= 11 is 0. The van der Waals surface area contributed by atoms with Gasteiger partial charge in [0, 0.05) is 13.1 Å². The standard InChI is InChI=1S/C6H17N2O4P.K/c1-2-3-6-11-13(9,10)12-8-5-4-7;/h8H,2-7H2,1H3,(H,9,10);/q;+1/p-1. The molecule has 0 amide bonds. The third-order valence-electron chi connectivity index (χ3n) is 1.17. The number of phosphoric ester groups is 1. The molecule has 0 aliphatic heterocycles. The molecule has 0 aliphatic rings. The first-order valence-corrected chi connectivity index (χ1v) is 5.65. The Hall–Kier alpha value is 1.67. The van der Waals surface area contributed by atoms with Gasteiger partial charge in [-0.15, -0.1) is 0 Å². The zero-order valence-corrected chi connectivity index (χ0v) is 12.7. The van der Waals surface area contributed by atoms with Crippen LogP contribution in [0.4, 0.5) is 0 Å². The first-order valence-electron chi connectivity index (χ1n) is 4.19. The Morgan fingerprint density at radius 3 is 2.71 bits per heavy atom. The Balaban J connectivity index is 0. The molecule has 8 heteroatoms. The third kappa shape index (κ3) is 11.7. The molecule has 0 aromatic heterocycles. The summed E-state index contributed by atoms with van der Waals surface area (Å²) in [7, 11) is -4.17. The maximum absolute atomic E-state index is 10.9. The van der Waals surface area contributed by atoms with Crippen LogP contribution in [0.3, 0.4) is 0 Å². The van der Waals surface area contributed by atoms with Gasteiger partial charge in [0.25, 0.3) is 7.82 Å². The van der Waals surface area contributed by atoms with Crippen LogP contribution in [0.5, 0.6) is 0 Å². The van der Waals surface area contributed by atoms with Crippen molar-refractivity contribution in [3.05, 3.63) is 0 Å². The van der Waals surface area contributed by atoms with Crippen LogP contribution in [0, 0.1) is 0 Å². The summed E-state index contributed by atoms with van der Waals surface area (Å²) in [6.07, 6.45) is 1.56. The van der Waals surface area contributed by atoms with Gasteiger partial charge in [-0.25, -0.2) is 4.62 Å². The quantitative estimate of drug-likeness (QED) is 0.203. The molecule has 1 atom stereocenters. The predicted molar refractivity (Wildman–Crippen MR) is 46.6 cm³/mol. The molecule has 0 aliphatic carbocycles. The van der Waals surface area contributed by atoms with Gasteiger partial charge in [-0.3, -0.25) is 4.57 Å². The van der Waals surface area contributed by atoms with Crippen molar-refractivity contribution in [2.24, 2.45) is 5.73 Å². The molecule has 1 unspecified atom stereocenters. The van der Waals surface area contributed by atoms with Crippen molar-refractivity contribution in [2.45, 2.75) is 19.8 Å². The van der Waals surface area contributed by atoms with E-state index in [1.807, 2.05) is 6.92 Å². The summed E-state index contributed by atoms with van der Waals surface area (Å²) in [5.74, 6) is 0. The SMILES string of the molecule is CCCCOP(=O)([O-])ONCCN.[K+]. The van der Waals surface area contributed by atoms with Gasteiger partial charge < -0.3 is 15.2 Å². The van der Waals surface area contributed by atoms with Crippen LogP contribution in [-0.2, 0) is 13.7 Å². The topological polar surface area (TPSA) is 96.6 Å². The molecule has 0 spiro atoms. The van der Waals surface area contributed by atoms with Gasteiger partial charge in [0.1, 0.15) is 0 Å². The van der Waals surface area contributed by atoms with E-state index in [1.54, 1.807) is 0 Å². The van der Waals surface area contributed by atoms with Crippen molar-refractivity contribution < 1.29 is 70.0 Å². The van der Waals surface area contributed by atoms with Crippen LogP contribution in [0.2, 0.25) is 0 Å². The minimum absolute atomic E-state index is 0. The van der Waals surface area contributed by atoms with Gasteiger partial charge in [0.2, 0.25) is 0 Å². The molecule has 0 rings (SSSR count). The van der Waals surface area contributed by atoms with Crippen molar-refractivity contribution in [1.82, 2.24) is 5.48 Å². The van der Waals surface area contributed by atoms with Crippen molar-refractivity contribution >= 4 is 7.82 Å². The van der Waals surface area contributed by atoms with Gasteiger partial charge in [-0.05, 0) is 6.42 Å². The minimum atomic E-state index is -4.17. The van der Waals surface area contributed by atoms with Crippen LogP contribution in [0.15, 0.2) is 0 Å². The van der Waals surface area contributed by atoms with E-state index in [9.17, 15) is 9.46 Å². The molecule has 3 N–H and O–H groups in total. The monoisotopic (exact) mass is 250 g/mol. The molecule has 0 radical (unpaired) electrons. The third-order valence-corrected chi connectivity index (χ3v) is 2.02. The Morgan fingerprint density at radius 2 is 2.21 bits per heavy atom. The largest absolute Gasteiger partial charge is 1.00 e. The molecule has 0 fully saturated rings. The van der Waals surface area contributed by atoms with E-state index >= 15 is 0 Å². The van der Waals surface area contributed by atoms with Crippen LogP contribution in [-0.4, -0.2) is 19.7 Å². The molecule has 0 bridgehead atoms. The first kappa shape index (κ1) is 18.0. The number of hydroxylamine groups is 1. The molecule has 0 saturated heterocycles. The van der Waals surface area contributed by atoms with Gasteiger partial charge in [0.15, 0.2) is 0 Å². The second-order valence-electron chi connectivity index (χ2n) is 2.41. The Labute approximate surface area is 127 Å². The van der Waals surface area contributed by atoms with E-state index in [0.717, 1.165) is 6.42 Å². The van der Waals surface area contributed by atoms with Crippen LogP contribution < -0.4 is 67.5 Å². The average molecular weight is 250 g/mol. The Morgan fingerprint density at radius 1 is 1.57 bits per heavy atom. The molecule has 0 saturated carbocycles. The smallest absolute Gasteiger partial charge is 0.755 e. The minimum Gasteiger partial charge on any atom is -0.755 e. The molecule has 0 aromatic rings. The zero-order chi connectivity index (χ0) is 10.2. The summed E-state index contributed by atoms with van der Waals surface area (Å²) in [6, 6.07) is 0. The molecular formula is C6H16KN2O4P. The maximum Gasteiger partial charge on any atom is 1.00 e. The van der Waals surface area contributed by atoms with Crippen molar-refractivity contribution in [3.63, 3.8) is 0 Å². The second-order valence-corrected chi connectivity index (χ2v) is 3.74. The average Bonchev–Trinajstić information content (AvgIpc) is 2.05. The molecule has 80 valence electrons. The van der Waals surface area contributed by atoms with Gasteiger partial charge in [-0.1, -0.05) is 13.3 Å². The van der Waals surface area contributed by atoms with Crippen molar-refractivity contribution in [1.29, 1.82) is 0 Å². The van der Waals surface area contributed by atoms with E-state index in [1.165, 1.54) is 0 Å². The molecule has 0 aromatic carbocycles. The van der Waals surface area contributed by atoms with E-state index in [-0.39, 0.29) is 64.5 Å². The number of hydrogen-bond donors (Lipinski definition) is 2. The normalized spacial score (nSPS) is 14.5. The summed E-state index contributed by atoms with van der Waals surface area (Å²) in [5.41, 5.74) is 7.28. The van der Waals surface area contributed by atoms with E-state index in [4.69, 9.17) is 5.73 Å². The Kier molecular flexibility index (Phi) is 14.4. The first-order chi connectivity index (χ1) is 6.12. The predicted octanol–water partition coefficient (Wildman–Crippen LogP) is -3.24. The van der Waals surface area contributed by atoms with E-state index in [0.29, 0.717) is 13.0 Å². The summed E-state index contributed by atoms with van der Waals surface area (Å²) in [5, 5.41) is 0. The Bertz CT molecular complexity index is 158. The fourth-order valence-corrected chi connectivity index (χ4v) is 1.19. The van der Waals surface area contributed by atoms with E-state index < -0.39 is 7.82 Å². The molecule has 6 nitrogen and oxygen atoms in total. The van der Waals surface area contributed by atoms with Gasteiger partial charge in [0.05, 0.1) is 6.61 Å². The van der Waals surface area contributed by atoms with Gasteiger partial charge >= 0.3 is 51.4 Å². The van der Waals surface area contributed by atoms with Gasteiger partial charge in [-0.2, -0.15) is 5.48 Å². The summed E-state index contributed by atoms with van der Waals surface area (Å²) < 4.78 is 19.6. The summed E-state index contributed by atoms with van der Waals surface area (Å²) in [4.78, 5) is 10.9. The fourth-order valence-electron chi connectivity index (χ4n) is 0.531. The maximum atomic E-state index is 10.9. The van der Waals surface area contributed by atoms with Crippen LogP contribution in [0.1, 0.15) is 19.8 Å². The van der Waals surface area contributed by atoms with Crippen LogP contribution in [0.25, 0.3) is 0 Å². The fraction of sp³-hybridized carbons (Fsp3) is 1.00. The number of nitrogens with two attached hydrogens (primary N) is 1. The zero-order valence-electron chi connectivity index (χ0n) is 8.69.